The number of amides is 1. The number of carbonyl (C=O) groups excluding carboxylic acids is 1. The van der Waals surface area contributed by atoms with Gasteiger partial charge in [0.15, 0.2) is 0 Å². The number of halogens is 1. The highest BCUT2D eigenvalue weighted by atomic mass is 32.2. The van der Waals surface area contributed by atoms with Gasteiger partial charge in [0.2, 0.25) is 5.91 Å². The molecule has 3 rings (SSSR count). The Kier molecular flexibility index (Phi) is 5.89. The van der Waals surface area contributed by atoms with Crippen molar-refractivity contribution in [3.05, 3.63) is 71.0 Å². The minimum absolute atomic E-state index is 0.0264. The van der Waals surface area contributed by atoms with Gasteiger partial charge < -0.3 is 5.32 Å². The maximum atomic E-state index is 12.9. The number of hydrogen-bond acceptors (Lipinski definition) is 3. The zero-order valence-corrected chi connectivity index (χ0v) is 15.7. The summed E-state index contributed by atoms with van der Waals surface area (Å²) in [7, 11) is 0. The fourth-order valence-electron chi connectivity index (χ4n) is 2.79. The molecule has 0 aliphatic heterocycles. The van der Waals surface area contributed by atoms with Crippen molar-refractivity contribution in [3.8, 4) is 0 Å². The molecule has 0 saturated heterocycles. The average molecular weight is 368 g/mol. The van der Waals surface area contributed by atoms with Crippen molar-refractivity contribution >= 4 is 28.6 Å². The second-order valence-electron chi connectivity index (χ2n) is 6.26. The average Bonchev–Trinajstić information content (AvgIpc) is 2.63. The number of hydrogen-bond donors (Lipinski definition) is 1. The molecule has 1 heterocycles. The second-order valence-corrected chi connectivity index (χ2v) is 7.26. The lowest BCUT2D eigenvalue weighted by atomic mass is 10.1. The molecule has 2 aromatic carbocycles. The maximum Gasteiger partial charge on any atom is 0.230 e. The van der Waals surface area contributed by atoms with Crippen LogP contribution >= 0.6 is 11.8 Å². The number of para-hydroxylation sites is 1. The zero-order chi connectivity index (χ0) is 18.5. The van der Waals surface area contributed by atoms with Crippen LogP contribution in [0.15, 0.2) is 53.6 Å². The number of rotatable bonds is 6. The van der Waals surface area contributed by atoms with E-state index in [4.69, 9.17) is 4.98 Å². The van der Waals surface area contributed by atoms with Crippen LogP contribution in [0, 0.1) is 19.7 Å². The highest BCUT2D eigenvalue weighted by Gasteiger charge is 2.08. The van der Waals surface area contributed by atoms with E-state index in [0.29, 0.717) is 18.7 Å². The van der Waals surface area contributed by atoms with Gasteiger partial charge in [0, 0.05) is 11.9 Å². The molecule has 0 aliphatic rings. The van der Waals surface area contributed by atoms with Crippen LogP contribution in [0.4, 0.5) is 4.39 Å². The van der Waals surface area contributed by atoms with Gasteiger partial charge in [-0.25, -0.2) is 9.37 Å². The van der Waals surface area contributed by atoms with Gasteiger partial charge in [-0.1, -0.05) is 42.1 Å². The van der Waals surface area contributed by atoms with Gasteiger partial charge in [0.25, 0.3) is 0 Å². The fourth-order valence-corrected chi connectivity index (χ4v) is 3.59. The Bertz CT molecular complexity index is 925. The lowest BCUT2D eigenvalue weighted by molar-refractivity contribution is -0.118. The van der Waals surface area contributed by atoms with E-state index in [9.17, 15) is 9.18 Å². The van der Waals surface area contributed by atoms with Crippen molar-refractivity contribution in [3.63, 3.8) is 0 Å². The quantitative estimate of drug-likeness (QED) is 0.654. The molecular formula is C21H21FN2OS. The van der Waals surface area contributed by atoms with Crippen molar-refractivity contribution in [2.45, 2.75) is 25.3 Å². The first-order valence-electron chi connectivity index (χ1n) is 8.54. The van der Waals surface area contributed by atoms with Crippen LogP contribution < -0.4 is 5.32 Å². The first-order valence-corrected chi connectivity index (χ1v) is 9.52. The van der Waals surface area contributed by atoms with Gasteiger partial charge in [0.05, 0.1) is 16.3 Å². The smallest absolute Gasteiger partial charge is 0.230 e. The van der Waals surface area contributed by atoms with Crippen LogP contribution in [0.1, 0.15) is 16.7 Å². The van der Waals surface area contributed by atoms with Crippen molar-refractivity contribution < 1.29 is 9.18 Å². The predicted octanol–water partition coefficient (Wildman–Crippen LogP) is 4.44. The van der Waals surface area contributed by atoms with Gasteiger partial charge in [-0.2, -0.15) is 0 Å². The number of aryl methyl sites for hydroxylation is 2. The van der Waals surface area contributed by atoms with Crippen molar-refractivity contribution in [2.75, 3.05) is 12.3 Å². The van der Waals surface area contributed by atoms with Crippen LogP contribution in [-0.2, 0) is 11.2 Å². The molecule has 3 aromatic rings. The molecule has 1 N–H and O–H groups in total. The fraction of sp³-hybridized carbons (Fsp3) is 0.238. The van der Waals surface area contributed by atoms with Crippen LogP contribution in [0.2, 0.25) is 0 Å². The summed E-state index contributed by atoms with van der Waals surface area (Å²) in [6, 6.07) is 14.5. The van der Waals surface area contributed by atoms with Gasteiger partial charge in [0.1, 0.15) is 5.82 Å². The normalized spacial score (nSPS) is 10.9. The highest BCUT2D eigenvalue weighted by molar-refractivity contribution is 7.99. The summed E-state index contributed by atoms with van der Waals surface area (Å²) in [4.78, 5) is 16.7. The third-order valence-electron chi connectivity index (χ3n) is 4.22. The summed E-state index contributed by atoms with van der Waals surface area (Å²) in [5, 5.41) is 4.91. The van der Waals surface area contributed by atoms with Crippen molar-refractivity contribution in [1.82, 2.24) is 10.3 Å². The molecule has 3 nitrogen and oxygen atoms in total. The van der Waals surface area contributed by atoms with Gasteiger partial charge >= 0.3 is 0 Å². The molecule has 0 spiro atoms. The largest absolute Gasteiger partial charge is 0.355 e. The topological polar surface area (TPSA) is 42.0 Å². The van der Waals surface area contributed by atoms with E-state index in [-0.39, 0.29) is 11.7 Å². The number of benzene rings is 2. The Balaban J connectivity index is 1.53. The molecule has 0 atom stereocenters. The molecule has 26 heavy (non-hydrogen) atoms. The summed E-state index contributed by atoms with van der Waals surface area (Å²) in [5.74, 6) is 0.0526. The Morgan fingerprint density at radius 1 is 1.12 bits per heavy atom. The Morgan fingerprint density at radius 3 is 2.65 bits per heavy atom. The molecule has 1 aromatic heterocycles. The first kappa shape index (κ1) is 18.4. The van der Waals surface area contributed by atoms with E-state index >= 15 is 0 Å². The van der Waals surface area contributed by atoms with E-state index in [1.807, 2.05) is 25.1 Å². The summed E-state index contributed by atoms with van der Waals surface area (Å²) in [6.07, 6.45) is 0.684. The van der Waals surface area contributed by atoms with Crippen LogP contribution in [0.3, 0.4) is 0 Å². The molecule has 1 amide bonds. The SMILES string of the molecule is Cc1cc(SCC(=O)NCCc2ccc(F)cc2)nc2c(C)cccc12. The van der Waals surface area contributed by atoms with Crippen LogP contribution in [0.25, 0.3) is 10.9 Å². The van der Waals surface area contributed by atoms with Crippen LogP contribution in [0.5, 0.6) is 0 Å². The molecule has 0 radical (unpaired) electrons. The third kappa shape index (κ3) is 4.61. The number of aromatic nitrogens is 1. The predicted molar refractivity (Wildman–Crippen MR) is 105 cm³/mol. The maximum absolute atomic E-state index is 12.9. The van der Waals surface area contributed by atoms with E-state index in [1.54, 1.807) is 12.1 Å². The number of nitrogens with zero attached hydrogens (tertiary/aromatic N) is 1. The minimum Gasteiger partial charge on any atom is -0.355 e. The standard InChI is InChI=1S/C21H21FN2OS/c1-14-4-3-5-18-15(2)12-20(24-21(14)18)26-13-19(25)23-11-10-16-6-8-17(22)9-7-16/h3-9,12H,10-11,13H2,1-2H3,(H,23,25). The Hall–Kier alpha value is -2.40. The van der Waals surface area contributed by atoms with Gasteiger partial charge in [-0.3, -0.25) is 4.79 Å². The molecule has 0 saturated carbocycles. The van der Waals surface area contributed by atoms with E-state index < -0.39 is 0 Å². The number of pyridine rings is 1. The summed E-state index contributed by atoms with van der Waals surface area (Å²) < 4.78 is 12.9. The number of nitrogens with one attached hydrogen (secondary N) is 1. The number of carbonyl (C=O) groups is 1. The first-order chi connectivity index (χ1) is 12.5. The van der Waals surface area contributed by atoms with E-state index in [0.717, 1.165) is 32.6 Å². The molecular weight excluding hydrogens is 347 g/mol. The summed E-state index contributed by atoms with van der Waals surface area (Å²) in [5.41, 5.74) is 4.29. The number of fused-ring (bicyclic) bond motifs is 1. The zero-order valence-electron chi connectivity index (χ0n) is 14.9. The number of thioether (sulfide) groups is 1. The summed E-state index contributed by atoms with van der Waals surface area (Å²) in [6.45, 7) is 4.65. The van der Waals surface area contributed by atoms with Crippen molar-refractivity contribution in [1.29, 1.82) is 0 Å². The molecule has 0 unspecified atom stereocenters. The van der Waals surface area contributed by atoms with Crippen molar-refractivity contribution in [2.24, 2.45) is 0 Å². The highest BCUT2D eigenvalue weighted by Crippen LogP contribution is 2.25. The monoisotopic (exact) mass is 368 g/mol. The molecule has 134 valence electrons. The molecule has 5 heteroatoms. The Labute approximate surface area is 157 Å². The van der Waals surface area contributed by atoms with Gasteiger partial charge in [-0.05, 0) is 55.2 Å². The lowest BCUT2D eigenvalue weighted by Gasteiger charge is -2.09. The minimum atomic E-state index is -0.248. The van der Waals surface area contributed by atoms with E-state index in [2.05, 4.69) is 18.3 Å². The third-order valence-corrected chi connectivity index (χ3v) is 5.14. The molecule has 0 fully saturated rings. The molecule has 0 aliphatic carbocycles. The molecule has 0 bridgehead atoms. The van der Waals surface area contributed by atoms with E-state index in [1.165, 1.54) is 23.9 Å². The van der Waals surface area contributed by atoms with Crippen LogP contribution in [-0.4, -0.2) is 23.2 Å². The van der Waals surface area contributed by atoms with Gasteiger partial charge in [-0.15, -0.1) is 0 Å². The lowest BCUT2D eigenvalue weighted by Crippen LogP contribution is -2.27. The second kappa shape index (κ2) is 8.32. The summed E-state index contributed by atoms with van der Waals surface area (Å²) >= 11 is 1.44. The Morgan fingerprint density at radius 2 is 1.88 bits per heavy atom.